The van der Waals surface area contributed by atoms with Gasteiger partial charge in [0.25, 0.3) is 0 Å². The molecule has 4 nitrogen and oxygen atoms in total. The number of aromatic nitrogens is 1. The normalized spacial score (nSPS) is 10.7. The average Bonchev–Trinajstić information content (AvgIpc) is 2.75. The zero-order valence-electron chi connectivity index (χ0n) is 12.0. The molecule has 0 aliphatic rings. The van der Waals surface area contributed by atoms with E-state index in [1.54, 1.807) is 7.11 Å². The molecule has 108 valence electrons. The Hall–Kier alpha value is -1.59. The molecule has 1 aromatic heterocycles. The fraction of sp³-hybridized carbons (Fsp3) is 0.400. The van der Waals surface area contributed by atoms with Gasteiger partial charge in [-0.3, -0.25) is 0 Å². The van der Waals surface area contributed by atoms with E-state index in [4.69, 9.17) is 17.0 Å². The molecule has 0 aliphatic carbocycles. The largest absolute Gasteiger partial charge is 0.383 e. The summed E-state index contributed by atoms with van der Waals surface area (Å²) in [6.45, 7) is 4.32. The topological polar surface area (TPSA) is 49.1 Å². The van der Waals surface area contributed by atoms with E-state index in [1.165, 1.54) is 22.2 Å². The van der Waals surface area contributed by atoms with E-state index < -0.39 is 0 Å². The van der Waals surface area contributed by atoms with Crippen LogP contribution in [-0.4, -0.2) is 36.9 Å². The molecule has 0 aliphatic heterocycles. The third-order valence-electron chi connectivity index (χ3n) is 3.28. The Balaban J connectivity index is 1.87. The molecule has 5 heteroatoms. The number of aromatic amines is 1. The number of nitrogens with one attached hydrogen (secondary N) is 3. The minimum atomic E-state index is 0.656. The third kappa shape index (κ3) is 3.71. The molecule has 0 atom stereocenters. The summed E-state index contributed by atoms with van der Waals surface area (Å²) in [5.41, 5.74) is 3.78. The van der Waals surface area contributed by atoms with Crippen LogP contribution in [0.4, 0.5) is 0 Å². The van der Waals surface area contributed by atoms with Crippen LogP contribution in [-0.2, 0) is 11.2 Å². The Morgan fingerprint density at radius 1 is 1.25 bits per heavy atom. The van der Waals surface area contributed by atoms with Crippen molar-refractivity contribution in [3.63, 3.8) is 0 Å². The molecular weight excluding hydrogens is 270 g/mol. The van der Waals surface area contributed by atoms with Crippen molar-refractivity contribution in [3.8, 4) is 0 Å². The minimum Gasteiger partial charge on any atom is -0.383 e. The number of H-pyrrole nitrogens is 1. The molecule has 20 heavy (non-hydrogen) atoms. The van der Waals surface area contributed by atoms with Crippen LogP contribution in [0.2, 0.25) is 0 Å². The van der Waals surface area contributed by atoms with Gasteiger partial charge in [0.2, 0.25) is 0 Å². The highest BCUT2D eigenvalue weighted by Crippen LogP contribution is 2.21. The number of hydrogen-bond acceptors (Lipinski definition) is 2. The van der Waals surface area contributed by atoms with Gasteiger partial charge in [-0.05, 0) is 37.2 Å². The van der Waals surface area contributed by atoms with E-state index in [1.807, 2.05) is 0 Å². The Bertz CT molecular complexity index is 580. The van der Waals surface area contributed by atoms with Gasteiger partial charge in [0.15, 0.2) is 5.11 Å². The highest BCUT2D eigenvalue weighted by Gasteiger charge is 2.07. The Kier molecular flexibility index (Phi) is 5.38. The predicted molar refractivity (Wildman–Crippen MR) is 87.2 cm³/mol. The second-order valence-electron chi connectivity index (χ2n) is 4.70. The summed E-state index contributed by atoms with van der Waals surface area (Å²) in [7, 11) is 1.68. The maximum absolute atomic E-state index is 5.21. The van der Waals surface area contributed by atoms with E-state index in [0.29, 0.717) is 11.7 Å². The van der Waals surface area contributed by atoms with E-state index in [0.717, 1.165) is 19.5 Å². The first-order valence-corrected chi connectivity index (χ1v) is 7.20. The molecular formula is C15H21N3OS. The van der Waals surface area contributed by atoms with Gasteiger partial charge in [-0.1, -0.05) is 18.2 Å². The lowest BCUT2D eigenvalue weighted by Gasteiger charge is -2.10. The lowest BCUT2D eigenvalue weighted by atomic mass is 10.1. The summed E-state index contributed by atoms with van der Waals surface area (Å²) < 4.78 is 4.97. The van der Waals surface area contributed by atoms with Crippen LogP contribution in [0.15, 0.2) is 24.3 Å². The molecule has 0 amide bonds. The third-order valence-corrected chi connectivity index (χ3v) is 3.57. The number of aryl methyl sites for hydroxylation is 1. The summed E-state index contributed by atoms with van der Waals surface area (Å²) in [5.74, 6) is 0. The number of para-hydroxylation sites is 1. The van der Waals surface area contributed by atoms with Gasteiger partial charge in [-0.25, -0.2) is 0 Å². The van der Waals surface area contributed by atoms with Crippen LogP contribution in [0.25, 0.3) is 10.9 Å². The van der Waals surface area contributed by atoms with E-state index in [2.05, 4.69) is 46.8 Å². The summed E-state index contributed by atoms with van der Waals surface area (Å²) in [4.78, 5) is 3.41. The molecule has 1 heterocycles. The van der Waals surface area contributed by atoms with Crippen LogP contribution in [0.3, 0.4) is 0 Å². The van der Waals surface area contributed by atoms with Crippen molar-refractivity contribution in [2.75, 3.05) is 26.8 Å². The number of rotatable bonds is 6. The fourth-order valence-electron chi connectivity index (χ4n) is 2.29. The number of hydrogen-bond donors (Lipinski definition) is 3. The quantitative estimate of drug-likeness (QED) is 0.564. The molecule has 3 N–H and O–H groups in total. The van der Waals surface area contributed by atoms with Crippen molar-refractivity contribution < 1.29 is 4.74 Å². The second-order valence-corrected chi connectivity index (χ2v) is 5.11. The van der Waals surface area contributed by atoms with Gasteiger partial charge >= 0.3 is 0 Å². The maximum atomic E-state index is 5.21. The molecule has 2 rings (SSSR count). The molecule has 2 aromatic rings. The van der Waals surface area contributed by atoms with Gasteiger partial charge in [0.1, 0.15) is 0 Å². The molecule has 0 saturated heterocycles. The van der Waals surface area contributed by atoms with E-state index in [9.17, 15) is 0 Å². The molecule has 0 fully saturated rings. The Labute approximate surface area is 124 Å². The van der Waals surface area contributed by atoms with Crippen molar-refractivity contribution in [1.29, 1.82) is 0 Å². The van der Waals surface area contributed by atoms with E-state index >= 15 is 0 Å². The highest BCUT2D eigenvalue weighted by molar-refractivity contribution is 7.80. The number of fused-ring (bicyclic) bond motifs is 1. The van der Waals surface area contributed by atoms with Gasteiger partial charge in [0.05, 0.1) is 6.61 Å². The predicted octanol–water partition coefficient (Wildman–Crippen LogP) is 2.13. The molecule has 0 unspecified atom stereocenters. The van der Waals surface area contributed by atoms with Gasteiger partial charge in [0, 0.05) is 36.8 Å². The second kappa shape index (κ2) is 7.26. The van der Waals surface area contributed by atoms with Crippen LogP contribution in [0, 0.1) is 6.92 Å². The van der Waals surface area contributed by atoms with Crippen molar-refractivity contribution in [3.05, 3.63) is 35.5 Å². The summed E-state index contributed by atoms with van der Waals surface area (Å²) >= 11 is 5.21. The van der Waals surface area contributed by atoms with Crippen molar-refractivity contribution >= 4 is 28.2 Å². The van der Waals surface area contributed by atoms with Crippen molar-refractivity contribution in [2.45, 2.75) is 13.3 Å². The summed E-state index contributed by atoms with van der Waals surface area (Å²) in [6.07, 6.45) is 0.946. The van der Waals surface area contributed by atoms with Crippen LogP contribution < -0.4 is 10.6 Å². The first-order valence-electron chi connectivity index (χ1n) is 6.79. The van der Waals surface area contributed by atoms with E-state index in [-0.39, 0.29) is 0 Å². The number of methoxy groups -OCH3 is 1. The number of benzene rings is 1. The van der Waals surface area contributed by atoms with Crippen LogP contribution in [0.1, 0.15) is 11.3 Å². The first kappa shape index (κ1) is 14.8. The Morgan fingerprint density at radius 3 is 2.80 bits per heavy atom. The lowest BCUT2D eigenvalue weighted by molar-refractivity contribution is 0.204. The first-order chi connectivity index (χ1) is 9.72. The molecule has 0 radical (unpaired) electrons. The smallest absolute Gasteiger partial charge is 0.166 e. The van der Waals surface area contributed by atoms with Crippen molar-refractivity contribution in [1.82, 2.24) is 15.6 Å². The molecule has 1 aromatic carbocycles. The number of thiocarbonyl (C=S) groups is 1. The Morgan fingerprint density at radius 2 is 2.00 bits per heavy atom. The molecule has 0 bridgehead atoms. The van der Waals surface area contributed by atoms with Crippen LogP contribution in [0.5, 0.6) is 0 Å². The average molecular weight is 291 g/mol. The standard InChI is InChI=1S/C15H21N3OS/c1-11-12(13-5-3-4-6-14(13)18-11)7-8-16-15(20)17-9-10-19-2/h3-6,18H,7-10H2,1-2H3,(H2,16,17,20). The van der Waals surface area contributed by atoms with Gasteiger partial charge in [-0.2, -0.15) is 0 Å². The molecule has 0 spiro atoms. The fourth-order valence-corrected chi connectivity index (χ4v) is 2.49. The monoisotopic (exact) mass is 291 g/mol. The number of ether oxygens (including phenoxy) is 1. The summed E-state index contributed by atoms with van der Waals surface area (Å²) in [6, 6.07) is 8.39. The lowest BCUT2D eigenvalue weighted by Crippen LogP contribution is -2.37. The summed E-state index contributed by atoms with van der Waals surface area (Å²) in [5, 5.41) is 8.30. The minimum absolute atomic E-state index is 0.656. The molecule has 0 saturated carbocycles. The van der Waals surface area contributed by atoms with Gasteiger partial charge in [-0.15, -0.1) is 0 Å². The van der Waals surface area contributed by atoms with Gasteiger partial charge < -0.3 is 20.4 Å². The highest BCUT2D eigenvalue weighted by atomic mass is 32.1. The van der Waals surface area contributed by atoms with Crippen molar-refractivity contribution in [2.24, 2.45) is 0 Å². The SMILES string of the molecule is COCCNC(=S)NCCc1c(C)[nH]c2ccccc12. The zero-order chi connectivity index (χ0) is 14.4. The maximum Gasteiger partial charge on any atom is 0.166 e. The zero-order valence-corrected chi connectivity index (χ0v) is 12.8. The van der Waals surface area contributed by atoms with Crippen LogP contribution >= 0.6 is 12.2 Å².